The summed E-state index contributed by atoms with van der Waals surface area (Å²) in [4.78, 5) is 12.8. The number of benzene rings is 2. The lowest BCUT2D eigenvalue weighted by atomic mass is 10.1. The highest BCUT2D eigenvalue weighted by atomic mass is 35.5. The molecule has 3 rings (SSSR count). The van der Waals surface area contributed by atoms with E-state index in [0.29, 0.717) is 10.6 Å². The summed E-state index contributed by atoms with van der Waals surface area (Å²) < 4.78 is 28.7. The molecule has 136 valence electrons. The number of carbonyl (C=O) groups is 1. The van der Waals surface area contributed by atoms with Crippen molar-refractivity contribution in [2.24, 2.45) is 0 Å². The summed E-state index contributed by atoms with van der Waals surface area (Å²) in [5.41, 5.74) is 2.12. The van der Waals surface area contributed by atoms with Crippen molar-refractivity contribution in [2.75, 3.05) is 6.26 Å². The van der Waals surface area contributed by atoms with Gasteiger partial charge in [0, 0.05) is 22.2 Å². The van der Waals surface area contributed by atoms with Crippen LogP contribution in [0.25, 0.3) is 11.0 Å². The Morgan fingerprint density at radius 3 is 2.42 bits per heavy atom. The van der Waals surface area contributed by atoms with Crippen LogP contribution in [0.1, 0.15) is 34.6 Å². The van der Waals surface area contributed by atoms with E-state index in [1.54, 1.807) is 30.3 Å². The van der Waals surface area contributed by atoms with Crippen molar-refractivity contribution >= 4 is 38.3 Å². The molecule has 2 aromatic carbocycles. The first-order valence-electron chi connectivity index (χ1n) is 7.96. The van der Waals surface area contributed by atoms with Gasteiger partial charge >= 0.3 is 0 Å². The largest absolute Gasteiger partial charge is 0.451 e. The first-order chi connectivity index (χ1) is 12.2. The molecular weight excluding hydrogens is 374 g/mol. The van der Waals surface area contributed by atoms with Crippen LogP contribution < -0.4 is 5.32 Å². The van der Waals surface area contributed by atoms with Crippen LogP contribution in [0.3, 0.4) is 0 Å². The number of amides is 1. The van der Waals surface area contributed by atoms with Crippen molar-refractivity contribution < 1.29 is 17.6 Å². The van der Waals surface area contributed by atoms with Crippen LogP contribution in [0.2, 0.25) is 5.02 Å². The number of aryl methyl sites for hydroxylation is 1. The van der Waals surface area contributed by atoms with Crippen molar-refractivity contribution in [2.45, 2.75) is 24.8 Å². The fourth-order valence-corrected chi connectivity index (χ4v) is 3.56. The molecule has 0 bridgehead atoms. The third-order valence-electron chi connectivity index (χ3n) is 4.26. The molecule has 26 heavy (non-hydrogen) atoms. The number of fused-ring (bicyclic) bond motifs is 1. The zero-order valence-corrected chi connectivity index (χ0v) is 16.1. The van der Waals surface area contributed by atoms with Crippen LogP contribution in [-0.2, 0) is 9.84 Å². The molecule has 1 atom stereocenters. The van der Waals surface area contributed by atoms with Crippen LogP contribution in [0, 0.1) is 6.92 Å². The van der Waals surface area contributed by atoms with Crippen molar-refractivity contribution in [1.82, 2.24) is 5.32 Å². The van der Waals surface area contributed by atoms with E-state index in [-0.39, 0.29) is 22.6 Å². The summed E-state index contributed by atoms with van der Waals surface area (Å²) in [5.74, 6) is -0.101. The lowest BCUT2D eigenvalue weighted by Gasteiger charge is -2.14. The molecule has 0 saturated carbocycles. The fourth-order valence-electron chi connectivity index (χ4n) is 2.76. The van der Waals surface area contributed by atoms with Crippen molar-refractivity contribution in [3.05, 3.63) is 64.4 Å². The van der Waals surface area contributed by atoms with Gasteiger partial charge < -0.3 is 9.73 Å². The number of halogens is 1. The van der Waals surface area contributed by atoms with E-state index in [1.807, 2.05) is 13.8 Å². The van der Waals surface area contributed by atoms with Gasteiger partial charge in [-0.2, -0.15) is 0 Å². The third-order valence-corrected chi connectivity index (χ3v) is 5.62. The van der Waals surface area contributed by atoms with Gasteiger partial charge in [-0.05, 0) is 49.7 Å². The number of hydrogen-bond acceptors (Lipinski definition) is 4. The highest BCUT2D eigenvalue weighted by Gasteiger charge is 2.20. The van der Waals surface area contributed by atoms with Crippen LogP contribution >= 0.6 is 11.6 Å². The zero-order valence-electron chi connectivity index (χ0n) is 14.5. The van der Waals surface area contributed by atoms with Crippen molar-refractivity contribution in [1.29, 1.82) is 0 Å². The molecular formula is C19H18ClNO4S. The molecule has 0 aliphatic heterocycles. The van der Waals surface area contributed by atoms with Gasteiger partial charge in [-0.3, -0.25) is 4.79 Å². The van der Waals surface area contributed by atoms with E-state index in [9.17, 15) is 13.2 Å². The topological polar surface area (TPSA) is 76.4 Å². The van der Waals surface area contributed by atoms with Crippen LogP contribution in [0.15, 0.2) is 51.8 Å². The minimum absolute atomic E-state index is 0.238. The maximum absolute atomic E-state index is 12.6. The average molecular weight is 392 g/mol. The molecule has 3 aromatic rings. The predicted octanol–water partition coefficient (Wildman–Crippen LogP) is 4.29. The molecule has 1 unspecified atom stereocenters. The molecule has 5 nitrogen and oxygen atoms in total. The Bertz CT molecular complexity index is 1080. The minimum Gasteiger partial charge on any atom is -0.451 e. The molecule has 0 aliphatic rings. The normalized spacial score (nSPS) is 12.9. The second-order valence-corrected chi connectivity index (χ2v) is 8.69. The number of sulfone groups is 1. The Morgan fingerprint density at radius 1 is 1.15 bits per heavy atom. The van der Waals surface area contributed by atoms with Gasteiger partial charge in [-0.25, -0.2) is 8.42 Å². The molecule has 1 aromatic heterocycles. The SMILES string of the molecule is Cc1c(C(=O)NC(C)c2ccc(S(C)(=O)=O)cc2)oc2ccc(Cl)cc12. The standard InChI is InChI=1S/C19H18ClNO4S/c1-11-16-10-14(20)6-9-17(16)25-18(11)19(22)21-12(2)13-4-7-15(8-5-13)26(3,23)24/h4-10,12H,1-3H3,(H,21,22). The molecule has 7 heteroatoms. The summed E-state index contributed by atoms with van der Waals surface area (Å²) in [6.07, 6.45) is 1.16. The molecule has 1 amide bonds. The van der Waals surface area contributed by atoms with E-state index in [4.69, 9.17) is 16.0 Å². The van der Waals surface area contributed by atoms with Crippen molar-refractivity contribution in [3.63, 3.8) is 0 Å². The van der Waals surface area contributed by atoms with Gasteiger partial charge in [0.1, 0.15) is 5.58 Å². The van der Waals surface area contributed by atoms with Gasteiger partial charge in [-0.1, -0.05) is 23.7 Å². The summed E-state index contributed by atoms with van der Waals surface area (Å²) in [6, 6.07) is 11.3. The second kappa shape index (κ2) is 6.78. The zero-order chi connectivity index (χ0) is 19.1. The van der Waals surface area contributed by atoms with Crippen LogP contribution in [-0.4, -0.2) is 20.6 Å². The molecule has 0 radical (unpaired) electrons. The first kappa shape index (κ1) is 18.5. The number of rotatable bonds is 4. The quantitative estimate of drug-likeness (QED) is 0.719. The van der Waals surface area contributed by atoms with Gasteiger partial charge in [0.2, 0.25) is 0 Å². The monoisotopic (exact) mass is 391 g/mol. The van der Waals surface area contributed by atoms with Crippen LogP contribution in [0.5, 0.6) is 0 Å². The predicted molar refractivity (Wildman–Crippen MR) is 101 cm³/mol. The molecule has 0 fully saturated rings. The average Bonchev–Trinajstić information content (AvgIpc) is 2.91. The smallest absolute Gasteiger partial charge is 0.287 e. The summed E-state index contributed by atoms with van der Waals surface area (Å²) in [5, 5.41) is 4.25. The van der Waals surface area contributed by atoms with E-state index >= 15 is 0 Å². The van der Waals surface area contributed by atoms with E-state index in [1.165, 1.54) is 12.1 Å². The van der Waals surface area contributed by atoms with Gasteiger partial charge in [-0.15, -0.1) is 0 Å². The summed E-state index contributed by atoms with van der Waals surface area (Å²) in [6.45, 7) is 3.63. The first-order valence-corrected chi connectivity index (χ1v) is 10.2. The van der Waals surface area contributed by atoms with E-state index < -0.39 is 9.84 Å². The van der Waals surface area contributed by atoms with Gasteiger partial charge in [0.25, 0.3) is 5.91 Å². The Hall–Kier alpha value is -2.31. The maximum atomic E-state index is 12.6. The maximum Gasteiger partial charge on any atom is 0.287 e. The number of nitrogens with one attached hydrogen (secondary N) is 1. The van der Waals surface area contributed by atoms with E-state index in [2.05, 4.69) is 5.32 Å². The molecule has 0 aliphatic carbocycles. The second-order valence-electron chi connectivity index (χ2n) is 6.23. The van der Waals surface area contributed by atoms with Crippen LogP contribution in [0.4, 0.5) is 0 Å². The fraction of sp³-hybridized carbons (Fsp3) is 0.211. The Balaban J connectivity index is 1.82. The van der Waals surface area contributed by atoms with Crippen molar-refractivity contribution in [3.8, 4) is 0 Å². The molecule has 0 saturated heterocycles. The Kier molecular flexibility index (Phi) is 4.82. The Labute approximate surface area is 156 Å². The van der Waals surface area contributed by atoms with E-state index in [0.717, 1.165) is 22.8 Å². The number of carbonyl (C=O) groups excluding carboxylic acids is 1. The third kappa shape index (κ3) is 3.61. The molecule has 0 spiro atoms. The molecule has 1 heterocycles. The summed E-state index contributed by atoms with van der Waals surface area (Å²) in [7, 11) is -3.25. The van der Waals surface area contributed by atoms with Gasteiger partial charge in [0.15, 0.2) is 15.6 Å². The minimum atomic E-state index is -3.25. The highest BCUT2D eigenvalue weighted by Crippen LogP contribution is 2.28. The van der Waals surface area contributed by atoms with Gasteiger partial charge in [0.05, 0.1) is 10.9 Å². The lowest BCUT2D eigenvalue weighted by molar-refractivity contribution is 0.0913. The molecule has 1 N–H and O–H groups in total. The highest BCUT2D eigenvalue weighted by molar-refractivity contribution is 7.90. The number of furan rings is 1. The number of hydrogen-bond donors (Lipinski definition) is 1. The lowest BCUT2D eigenvalue weighted by Crippen LogP contribution is -2.26. The Morgan fingerprint density at radius 2 is 1.81 bits per heavy atom. The summed E-state index contributed by atoms with van der Waals surface area (Å²) >= 11 is 6.00.